The third-order valence-corrected chi connectivity index (χ3v) is 6.39. The molecule has 0 aliphatic heterocycles. The first-order chi connectivity index (χ1) is 13.7. The quantitative estimate of drug-likeness (QED) is 0.336. The van der Waals surface area contributed by atoms with Crippen molar-refractivity contribution in [1.29, 1.82) is 0 Å². The van der Waals surface area contributed by atoms with E-state index in [9.17, 15) is 0 Å². The first-order valence-corrected chi connectivity index (χ1v) is 11.4. The van der Waals surface area contributed by atoms with Gasteiger partial charge in [-0.1, -0.05) is 76.4 Å². The molecular formula is C24H31Cl3O2. The van der Waals surface area contributed by atoms with Crippen LogP contribution < -0.4 is 9.47 Å². The molecule has 0 spiro atoms. The largest absolute Gasteiger partial charge is 0.493 e. The summed E-state index contributed by atoms with van der Waals surface area (Å²) in [6.07, 6.45) is 1.05. The molecule has 0 fully saturated rings. The smallest absolute Gasteiger partial charge is 0.156 e. The van der Waals surface area contributed by atoms with Gasteiger partial charge in [-0.3, -0.25) is 0 Å². The number of ether oxygens (including phenoxy) is 2. The van der Waals surface area contributed by atoms with Gasteiger partial charge in [-0.25, -0.2) is 0 Å². The van der Waals surface area contributed by atoms with Gasteiger partial charge in [0.15, 0.2) is 5.75 Å². The van der Waals surface area contributed by atoms with Crippen molar-refractivity contribution in [3.8, 4) is 11.5 Å². The Hall–Kier alpha value is -1.09. The molecule has 0 unspecified atom stereocenters. The summed E-state index contributed by atoms with van der Waals surface area (Å²) >= 11 is 18.9. The van der Waals surface area contributed by atoms with E-state index in [2.05, 4.69) is 46.8 Å². The summed E-state index contributed by atoms with van der Waals surface area (Å²) in [6, 6.07) is 12.0. The molecule has 0 saturated heterocycles. The lowest BCUT2D eigenvalue weighted by Gasteiger charge is -2.27. The molecule has 2 aromatic rings. The van der Waals surface area contributed by atoms with E-state index in [0.717, 1.165) is 23.3 Å². The van der Waals surface area contributed by atoms with Crippen molar-refractivity contribution in [2.24, 2.45) is 11.8 Å². The van der Waals surface area contributed by atoms with Crippen molar-refractivity contribution in [1.82, 2.24) is 0 Å². The minimum atomic E-state index is -0.273. The van der Waals surface area contributed by atoms with E-state index in [-0.39, 0.29) is 5.41 Å². The Labute approximate surface area is 190 Å². The fourth-order valence-corrected chi connectivity index (χ4v) is 3.50. The lowest BCUT2D eigenvalue weighted by Crippen LogP contribution is -2.19. The maximum Gasteiger partial charge on any atom is 0.156 e. The predicted octanol–water partition coefficient (Wildman–Crippen LogP) is 8.00. The zero-order valence-corrected chi connectivity index (χ0v) is 20.2. The summed E-state index contributed by atoms with van der Waals surface area (Å²) in [7, 11) is 0. The van der Waals surface area contributed by atoms with E-state index in [0.29, 0.717) is 46.7 Å². The van der Waals surface area contributed by atoms with Crippen LogP contribution in [-0.4, -0.2) is 19.1 Å². The summed E-state index contributed by atoms with van der Waals surface area (Å²) in [5, 5.41) is 1.08. The van der Waals surface area contributed by atoms with Crippen LogP contribution in [0.1, 0.15) is 52.2 Å². The van der Waals surface area contributed by atoms with Crippen molar-refractivity contribution in [2.75, 3.05) is 19.1 Å². The van der Waals surface area contributed by atoms with Crippen LogP contribution in [0.25, 0.3) is 0 Å². The molecule has 0 saturated carbocycles. The second-order valence-corrected chi connectivity index (χ2v) is 9.44. The maximum absolute atomic E-state index is 6.52. The summed E-state index contributed by atoms with van der Waals surface area (Å²) in [5.74, 6) is 2.75. The van der Waals surface area contributed by atoms with Crippen LogP contribution in [0.15, 0.2) is 36.4 Å². The van der Waals surface area contributed by atoms with Crippen molar-refractivity contribution in [2.45, 2.75) is 46.5 Å². The minimum absolute atomic E-state index is 0.273. The van der Waals surface area contributed by atoms with E-state index in [1.54, 1.807) is 0 Å². The third kappa shape index (κ3) is 6.44. The number of halogens is 3. The van der Waals surface area contributed by atoms with Crippen LogP contribution in [0.2, 0.25) is 10.0 Å². The SMILES string of the molecule is CC[C@H](C)COc1c(Cl)cc(C(C)(C)c2ccc(OC[C@@H](C)CCl)cc2)cc1Cl. The van der Waals surface area contributed by atoms with Crippen LogP contribution in [0, 0.1) is 11.8 Å². The minimum Gasteiger partial charge on any atom is -0.493 e. The zero-order chi connectivity index (χ0) is 21.6. The average Bonchev–Trinajstić information content (AvgIpc) is 2.71. The van der Waals surface area contributed by atoms with Crippen LogP contribution >= 0.6 is 34.8 Å². The summed E-state index contributed by atoms with van der Waals surface area (Å²) in [6.45, 7) is 11.9. The summed E-state index contributed by atoms with van der Waals surface area (Å²) < 4.78 is 11.7. The number of hydrogen-bond donors (Lipinski definition) is 0. The van der Waals surface area contributed by atoms with Crippen LogP contribution in [0.3, 0.4) is 0 Å². The molecule has 0 aliphatic carbocycles. The zero-order valence-electron chi connectivity index (χ0n) is 17.9. The molecule has 0 bridgehead atoms. The topological polar surface area (TPSA) is 18.5 Å². The van der Waals surface area contributed by atoms with E-state index < -0.39 is 0 Å². The first-order valence-electron chi connectivity index (χ1n) is 10.1. The van der Waals surface area contributed by atoms with Gasteiger partial charge in [-0.05, 0) is 41.3 Å². The van der Waals surface area contributed by atoms with Crippen molar-refractivity contribution < 1.29 is 9.47 Å². The highest BCUT2D eigenvalue weighted by Gasteiger charge is 2.26. The maximum atomic E-state index is 6.52. The Morgan fingerprint density at radius 1 is 0.862 bits per heavy atom. The molecule has 2 atom stereocenters. The Bertz CT molecular complexity index is 764. The predicted molar refractivity (Wildman–Crippen MR) is 125 cm³/mol. The fourth-order valence-electron chi connectivity index (χ4n) is 2.82. The highest BCUT2D eigenvalue weighted by Crippen LogP contribution is 2.40. The van der Waals surface area contributed by atoms with Gasteiger partial charge in [-0.15, -0.1) is 11.6 Å². The van der Waals surface area contributed by atoms with Crippen LogP contribution in [-0.2, 0) is 5.41 Å². The molecule has 0 aromatic heterocycles. The van der Waals surface area contributed by atoms with Crippen LogP contribution in [0.5, 0.6) is 11.5 Å². The molecule has 2 rings (SSSR count). The van der Waals surface area contributed by atoms with Gasteiger partial charge in [-0.2, -0.15) is 0 Å². The van der Waals surface area contributed by atoms with Crippen molar-refractivity contribution >= 4 is 34.8 Å². The van der Waals surface area contributed by atoms with E-state index in [4.69, 9.17) is 44.3 Å². The molecule has 0 aliphatic rings. The molecule has 0 amide bonds. The Balaban J connectivity index is 2.19. The number of benzene rings is 2. The lowest BCUT2D eigenvalue weighted by atomic mass is 9.78. The molecule has 2 aromatic carbocycles. The molecule has 0 radical (unpaired) electrons. The highest BCUT2D eigenvalue weighted by atomic mass is 35.5. The molecular weight excluding hydrogens is 427 g/mol. The van der Waals surface area contributed by atoms with E-state index >= 15 is 0 Å². The van der Waals surface area contributed by atoms with E-state index in [1.165, 1.54) is 0 Å². The number of rotatable bonds is 10. The lowest BCUT2D eigenvalue weighted by molar-refractivity contribution is 0.257. The summed E-state index contributed by atoms with van der Waals surface area (Å²) in [5.41, 5.74) is 1.91. The average molecular weight is 458 g/mol. The third-order valence-electron chi connectivity index (χ3n) is 5.30. The van der Waals surface area contributed by atoms with Crippen LogP contribution in [0.4, 0.5) is 0 Å². The van der Waals surface area contributed by atoms with Gasteiger partial charge < -0.3 is 9.47 Å². The molecule has 29 heavy (non-hydrogen) atoms. The van der Waals surface area contributed by atoms with E-state index in [1.807, 2.05) is 24.3 Å². The molecule has 2 nitrogen and oxygen atoms in total. The monoisotopic (exact) mass is 456 g/mol. The second kappa shape index (κ2) is 10.8. The molecule has 0 heterocycles. The molecule has 0 N–H and O–H groups in total. The Kier molecular flexibility index (Phi) is 9.00. The fraction of sp³-hybridized carbons (Fsp3) is 0.500. The molecule has 160 valence electrons. The van der Waals surface area contributed by atoms with Gasteiger partial charge in [0.05, 0.1) is 23.3 Å². The van der Waals surface area contributed by atoms with Gasteiger partial charge in [0.25, 0.3) is 0 Å². The second-order valence-electron chi connectivity index (χ2n) is 8.31. The van der Waals surface area contributed by atoms with Crippen molar-refractivity contribution in [3.05, 3.63) is 57.6 Å². The number of alkyl halides is 1. The first kappa shape index (κ1) is 24.2. The Morgan fingerprint density at radius 3 is 1.93 bits per heavy atom. The van der Waals surface area contributed by atoms with Gasteiger partial charge >= 0.3 is 0 Å². The standard InChI is InChI=1S/C24H31Cl3O2/c1-6-16(2)14-29-23-21(26)11-19(12-22(23)27)24(4,5)18-7-9-20(10-8-18)28-15-17(3)13-25/h7-12,16-17H,6,13-15H2,1-5H3/t16-,17-/m0/s1. The van der Waals surface area contributed by atoms with Crippen molar-refractivity contribution in [3.63, 3.8) is 0 Å². The highest BCUT2D eigenvalue weighted by molar-refractivity contribution is 6.37. The Morgan fingerprint density at radius 2 is 1.41 bits per heavy atom. The molecule has 5 heteroatoms. The normalized spacial score (nSPS) is 13.8. The summed E-state index contributed by atoms with van der Waals surface area (Å²) in [4.78, 5) is 0. The van der Waals surface area contributed by atoms with Gasteiger partial charge in [0.2, 0.25) is 0 Å². The van der Waals surface area contributed by atoms with Gasteiger partial charge in [0.1, 0.15) is 5.75 Å². The van der Waals surface area contributed by atoms with Gasteiger partial charge in [0, 0.05) is 17.2 Å². The number of hydrogen-bond acceptors (Lipinski definition) is 2.